The normalized spacial score (nSPS) is 22.3. The van der Waals surface area contributed by atoms with Crippen molar-refractivity contribution in [2.24, 2.45) is 0 Å². The van der Waals surface area contributed by atoms with Gasteiger partial charge >= 0.3 is 5.97 Å². The third kappa shape index (κ3) is 6.01. The second-order valence-electron chi connectivity index (χ2n) is 5.60. The van der Waals surface area contributed by atoms with E-state index in [0.717, 1.165) is 0 Å². The molecule has 4 heteroatoms. The molecule has 29 heavy (non-hydrogen) atoms. The fourth-order valence-corrected chi connectivity index (χ4v) is 2.12. The van der Waals surface area contributed by atoms with Crippen molar-refractivity contribution in [1.82, 2.24) is 5.32 Å². The van der Waals surface area contributed by atoms with Crippen molar-refractivity contribution < 1.29 is 39.7 Å². The van der Waals surface area contributed by atoms with E-state index in [1.165, 1.54) is 6.92 Å². The number of rotatable bonds is 9. The lowest BCUT2D eigenvalue weighted by molar-refractivity contribution is 0.0697. The van der Waals surface area contributed by atoms with E-state index in [-0.39, 0.29) is 5.56 Å². The van der Waals surface area contributed by atoms with Gasteiger partial charge in [0.15, 0.2) is 0 Å². The van der Waals surface area contributed by atoms with Crippen LogP contribution in [0, 0.1) is 6.92 Å². The number of nitrogens with one attached hydrogen (secondary N) is 1. The second kappa shape index (κ2) is 10.0. The van der Waals surface area contributed by atoms with Gasteiger partial charge in [-0.3, -0.25) is 0 Å². The van der Waals surface area contributed by atoms with E-state index in [1.54, 1.807) is 5.32 Å². The molecule has 0 aliphatic carbocycles. The largest absolute Gasteiger partial charge is 0.478 e. The fourth-order valence-electron chi connectivity index (χ4n) is 2.12. The summed E-state index contributed by atoms with van der Waals surface area (Å²) >= 11 is 0. The average Bonchev–Trinajstić information content (AvgIpc) is 2.96. The highest BCUT2D eigenvalue weighted by molar-refractivity contribution is 5.89. The Bertz CT molecular complexity index is 1780. The number of carboxylic acid groups (broad SMARTS) is 1. The van der Waals surface area contributed by atoms with Gasteiger partial charge in [0.1, 0.15) is 0 Å². The summed E-state index contributed by atoms with van der Waals surface area (Å²) in [5.74, 6) is -1.84. The van der Waals surface area contributed by atoms with Crippen LogP contribution in [0.4, 0.5) is 0 Å². The lowest BCUT2D eigenvalue weighted by atomic mass is 9.99. The predicted molar refractivity (Wildman–Crippen MR) is 116 cm³/mol. The molecule has 0 saturated heterocycles. The Kier molecular flexibility index (Phi) is 2.66. The zero-order valence-electron chi connectivity index (χ0n) is 33.1. The maximum atomic E-state index is 11.8. The number of aliphatic hydroxyl groups is 1. The van der Waals surface area contributed by atoms with Crippen LogP contribution >= 0.6 is 0 Å². The van der Waals surface area contributed by atoms with E-state index >= 15 is 0 Å². The summed E-state index contributed by atoms with van der Waals surface area (Å²) in [5, 5.41) is 22.0. The summed E-state index contributed by atoms with van der Waals surface area (Å²) in [7, 11) is 0. The topological polar surface area (TPSA) is 69.6 Å². The standard InChI is InChI=1S/C25H27NO3/c1-18-6-2-11-22(14-18)24(27)17-26-13-5-8-19-7-3-9-20(15-19)21-10-4-12-23(16-21)25(28)29/h2-4,6-7,9-12,14-16,24,26-27H,5,8,13,17H2,1H3,(H,28,29)/t24-/m0/s1/i2D,3D,4D,5D2,6D,7D,9D,10D,11D,12D,13D2,14D,15D,16D,17D2. The maximum absolute atomic E-state index is 11.8. The van der Waals surface area contributed by atoms with E-state index < -0.39 is 138 Å². The number of benzene rings is 3. The van der Waals surface area contributed by atoms with Gasteiger partial charge in [-0.15, -0.1) is 0 Å². The number of hydrogen-bond donors (Lipinski definition) is 3. The molecule has 3 N–H and O–H groups in total. The van der Waals surface area contributed by atoms with Gasteiger partial charge in [0.05, 0.1) is 28.1 Å². The van der Waals surface area contributed by atoms with Gasteiger partial charge in [0.2, 0.25) is 0 Å². The first-order valence-electron chi connectivity index (χ1n) is 17.2. The Morgan fingerprint density at radius 2 is 1.79 bits per heavy atom. The molecule has 3 aromatic rings. The van der Waals surface area contributed by atoms with Crippen LogP contribution in [-0.2, 0) is 6.42 Å². The lowest BCUT2D eigenvalue weighted by Crippen LogP contribution is -2.22. The zero-order chi connectivity index (χ0) is 36.5. The third-order valence-corrected chi connectivity index (χ3v) is 3.43. The van der Waals surface area contributed by atoms with Crippen LogP contribution in [0.5, 0.6) is 0 Å². The predicted octanol–water partition coefficient (Wildman–Crippen LogP) is 4.62. The third-order valence-electron chi connectivity index (χ3n) is 3.43. The van der Waals surface area contributed by atoms with E-state index in [0.29, 0.717) is 0 Å². The van der Waals surface area contributed by atoms with Crippen LogP contribution in [0.1, 0.15) is 64.2 Å². The first-order valence-corrected chi connectivity index (χ1v) is 8.22. The fraction of sp³-hybridized carbons (Fsp3) is 0.240. The first-order chi connectivity index (χ1) is 21.2. The highest BCUT2D eigenvalue weighted by Gasteiger charge is 2.07. The molecule has 0 fully saturated rings. The van der Waals surface area contributed by atoms with Crippen molar-refractivity contribution in [1.29, 1.82) is 0 Å². The monoisotopic (exact) mass is 407 g/mol. The molecule has 1 atom stereocenters. The minimum Gasteiger partial charge on any atom is -0.478 e. The van der Waals surface area contributed by atoms with Crippen molar-refractivity contribution in [2.75, 3.05) is 13.0 Å². The molecule has 3 rings (SSSR count). The number of carboxylic acids is 1. The molecular formula is C25H27NO3. The molecule has 0 bridgehead atoms. The average molecular weight is 408 g/mol. The summed E-state index contributed by atoms with van der Waals surface area (Å²) in [5.41, 5.74) is -4.47. The smallest absolute Gasteiger partial charge is 0.335 e. The number of aromatic carboxylic acids is 1. The molecule has 4 nitrogen and oxygen atoms in total. The van der Waals surface area contributed by atoms with Crippen LogP contribution in [0.3, 0.4) is 0 Å². The van der Waals surface area contributed by atoms with Crippen molar-refractivity contribution in [3.63, 3.8) is 0 Å². The van der Waals surface area contributed by atoms with Crippen LogP contribution in [0.2, 0.25) is 0 Å². The Morgan fingerprint density at radius 1 is 1.07 bits per heavy atom. The van der Waals surface area contributed by atoms with Crippen molar-refractivity contribution in [3.8, 4) is 11.1 Å². The van der Waals surface area contributed by atoms with Gasteiger partial charge < -0.3 is 15.5 Å². The minimum absolute atomic E-state index is 0.183. The molecule has 3 aromatic carbocycles. The lowest BCUT2D eigenvalue weighted by Gasteiger charge is -2.13. The van der Waals surface area contributed by atoms with Crippen LogP contribution < -0.4 is 5.32 Å². The Labute approximate surface area is 197 Å². The summed E-state index contributed by atoms with van der Waals surface area (Å²) in [6.45, 7) is -5.66. The Morgan fingerprint density at radius 3 is 2.59 bits per heavy atom. The summed E-state index contributed by atoms with van der Waals surface area (Å²) < 4.78 is 148. The van der Waals surface area contributed by atoms with E-state index in [2.05, 4.69) is 0 Å². The van der Waals surface area contributed by atoms with Gasteiger partial charge in [-0.1, -0.05) is 66.0 Å². The minimum atomic E-state index is -3.52. The molecule has 0 radical (unpaired) electrons. The van der Waals surface area contributed by atoms with Gasteiger partial charge in [-0.05, 0) is 60.6 Å². The summed E-state index contributed by atoms with van der Waals surface area (Å²) in [6, 6.07) is -10.8. The van der Waals surface area contributed by atoms with Gasteiger partial charge in [0, 0.05) is 14.7 Å². The second-order valence-corrected chi connectivity index (χ2v) is 5.60. The number of carbonyl (C=O) groups is 1. The van der Waals surface area contributed by atoms with Crippen LogP contribution in [-0.4, -0.2) is 29.2 Å². The molecular weight excluding hydrogens is 362 g/mol. The van der Waals surface area contributed by atoms with Crippen molar-refractivity contribution >= 4 is 5.97 Å². The van der Waals surface area contributed by atoms with Crippen LogP contribution in [0.15, 0.2) is 72.5 Å². The number of aliphatic hydroxyl groups excluding tert-OH is 1. The molecule has 0 heterocycles. The van der Waals surface area contributed by atoms with Gasteiger partial charge in [-0.25, -0.2) is 4.79 Å². The molecule has 0 aliphatic heterocycles. The highest BCUT2D eigenvalue weighted by atomic mass is 16.4. The van der Waals surface area contributed by atoms with Crippen molar-refractivity contribution in [3.05, 3.63) is 94.8 Å². The Hall–Kier alpha value is -2.95. The molecule has 0 spiro atoms. The number of hydrogen-bond acceptors (Lipinski definition) is 3. The van der Waals surface area contributed by atoms with E-state index in [4.69, 9.17) is 24.7 Å². The summed E-state index contributed by atoms with van der Waals surface area (Å²) in [4.78, 5) is 11.8. The van der Waals surface area contributed by atoms with E-state index in [9.17, 15) is 15.0 Å². The van der Waals surface area contributed by atoms with Crippen molar-refractivity contribution in [2.45, 2.75) is 25.8 Å². The maximum Gasteiger partial charge on any atom is 0.335 e. The quantitative estimate of drug-likeness (QED) is 0.484. The van der Waals surface area contributed by atoms with Gasteiger partial charge in [0.25, 0.3) is 0 Å². The van der Waals surface area contributed by atoms with Crippen LogP contribution in [0.25, 0.3) is 11.1 Å². The molecule has 0 unspecified atom stereocenters. The SMILES string of the molecule is [2H]c1c([2H])c(CC([2H])([2H])C([2H])([2H])NC([2H])([2H])[C@H](O)c2c([2H])c([2H])c([2H])c(C)c2[2H])c([2H])c(-c2c([2H])c([2H])c([2H])c(C(=O)O)c2[2H])c1[2H]. The molecule has 150 valence electrons. The summed E-state index contributed by atoms with van der Waals surface area (Å²) in [6.07, 6.45) is -7.18. The zero-order valence-corrected chi connectivity index (χ0v) is 15.1. The molecule has 0 saturated carbocycles. The highest BCUT2D eigenvalue weighted by Crippen LogP contribution is 2.22. The molecule has 0 aliphatic rings. The molecule has 0 amide bonds. The van der Waals surface area contributed by atoms with E-state index in [1.807, 2.05) is 0 Å². The first kappa shape index (κ1) is 7.71. The molecule has 0 aromatic heterocycles. The van der Waals surface area contributed by atoms with Gasteiger partial charge in [-0.2, -0.15) is 0 Å². The Balaban J connectivity index is 2.17.